The van der Waals surface area contributed by atoms with Gasteiger partial charge in [0.25, 0.3) is 0 Å². The molecule has 5 aromatic rings. The first-order chi connectivity index (χ1) is 13.3. The van der Waals surface area contributed by atoms with E-state index in [-0.39, 0.29) is 0 Å². The number of anilines is 1. The van der Waals surface area contributed by atoms with Gasteiger partial charge in [-0.3, -0.25) is 0 Å². The standard InChI is InChI=1S/C24H18N2O/c1-27-17-12-10-15(11-13-17)21-14-16-6-2-3-7-18(16)23-22(21)19-8-4-5-9-20(19)24(25)26-23/h2-14H,1H3,(H2,25,26). The topological polar surface area (TPSA) is 48.1 Å². The van der Waals surface area contributed by atoms with E-state index in [1.165, 1.54) is 0 Å². The van der Waals surface area contributed by atoms with E-state index in [2.05, 4.69) is 42.5 Å². The minimum absolute atomic E-state index is 0.565. The van der Waals surface area contributed by atoms with Crippen LogP contribution < -0.4 is 10.5 Å². The molecule has 0 saturated carbocycles. The van der Waals surface area contributed by atoms with Crippen LogP contribution in [0.3, 0.4) is 0 Å². The number of hydrogen-bond acceptors (Lipinski definition) is 3. The Morgan fingerprint density at radius 2 is 1.44 bits per heavy atom. The van der Waals surface area contributed by atoms with E-state index in [4.69, 9.17) is 15.5 Å². The fraction of sp³-hybridized carbons (Fsp3) is 0.0417. The molecule has 27 heavy (non-hydrogen) atoms. The van der Waals surface area contributed by atoms with Gasteiger partial charge in [0.1, 0.15) is 11.6 Å². The average Bonchev–Trinajstić information content (AvgIpc) is 2.73. The summed E-state index contributed by atoms with van der Waals surface area (Å²) in [5, 5.41) is 5.50. The van der Waals surface area contributed by atoms with Crippen LogP contribution in [0.2, 0.25) is 0 Å². The van der Waals surface area contributed by atoms with Crippen molar-refractivity contribution >= 4 is 38.3 Å². The first kappa shape index (κ1) is 15.6. The van der Waals surface area contributed by atoms with Crippen molar-refractivity contribution in [1.82, 2.24) is 4.98 Å². The normalized spacial score (nSPS) is 11.3. The van der Waals surface area contributed by atoms with Crippen molar-refractivity contribution in [3.63, 3.8) is 0 Å². The quantitative estimate of drug-likeness (QED) is 0.409. The Hall–Kier alpha value is -3.59. The summed E-state index contributed by atoms with van der Waals surface area (Å²) in [5.74, 6) is 1.41. The third-order valence-corrected chi connectivity index (χ3v) is 5.13. The van der Waals surface area contributed by atoms with Crippen LogP contribution >= 0.6 is 0 Å². The van der Waals surface area contributed by atoms with Crippen LogP contribution in [0.1, 0.15) is 0 Å². The van der Waals surface area contributed by atoms with E-state index in [1.54, 1.807) is 7.11 Å². The SMILES string of the molecule is COc1ccc(-c2cc3ccccc3c3nc(N)c4ccccc4c23)cc1. The summed E-state index contributed by atoms with van der Waals surface area (Å²) in [6, 6.07) is 26.9. The molecule has 0 amide bonds. The average molecular weight is 350 g/mol. The number of hydrogen-bond donors (Lipinski definition) is 1. The summed E-state index contributed by atoms with van der Waals surface area (Å²) in [7, 11) is 1.68. The van der Waals surface area contributed by atoms with Gasteiger partial charge in [-0.15, -0.1) is 0 Å². The highest BCUT2D eigenvalue weighted by Crippen LogP contribution is 2.39. The third kappa shape index (κ3) is 2.40. The Labute approximate surface area is 157 Å². The Morgan fingerprint density at radius 3 is 2.19 bits per heavy atom. The summed E-state index contributed by atoms with van der Waals surface area (Å²) in [6.45, 7) is 0. The molecule has 0 radical (unpaired) electrons. The predicted octanol–water partition coefficient (Wildman–Crippen LogP) is 5.80. The molecular formula is C24H18N2O. The molecule has 130 valence electrons. The van der Waals surface area contributed by atoms with Gasteiger partial charge in [-0.2, -0.15) is 0 Å². The first-order valence-electron chi connectivity index (χ1n) is 8.90. The lowest BCUT2D eigenvalue weighted by molar-refractivity contribution is 0.415. The number of fused-ring (bicyclic) bond motifs is 5. The minimum atomic E-state index is 0.565. The zero-order valence-electron chi connectivity index (χ0n) is 14.9. The first-order valence-corrected chi connectivity index (χ1v) is 8.90. The van der Waals surface area contributed by atoms with E-state index < -0.39 is 0 Å². The Bertz CT molecular complexity index is 1310. The van der Waals surface area contributed by atoms with Crippen molar-refractivity contribution in [2.75, 3.05) is 12.8 Å². The van der Waals surface area contributed by atoms with Crippen LogP contribution in [0.4, 0.5) is 5.82 Å². The highest BCUT2D eigenvalue weighted by Gasteiger charge is 2.14. The van der Waals surface area contributed by atoms with Crippen molar-refractivity contribution in [2.24, 2.45) is 0 Å². The van der Waals surface area contributed by atoms with E-state index in [9.17, 15) is 0 Å². The molecule has 0 bridgehead atoms. The maximum Gasteiger partial charge on any atom is 0.132 e. The molecule has 0 spiro atoms. The number of aromatic nitrogens is 1. The van der Waals surface area contributed by atoms with Gasteiger partial charge in [-0.05, 0) is 40.1 Å². The number of rotatable bonds is 2. The molecule has 1 heterocycles. The van der Waals surface area contributed by atoms with Gasteiger partial charge >= 0.3 is 0 Å². The van der Waals surface area contributed by atoms with Crippen molar-refractivity contribution in [3.05, 3.63) is 78.9 Å². The van der Waals surface area contributed by atoms with Gasteiger partial charge in [-0.25, -0.2) is 4.98 Å². The minimum Gasteiger partial charge on any atom is -0.497 e. The largest absolute Gasteiger partial charge is 0.497 e. The lowest BCUT2D eigenvalue weighted by Crippen LogP contribution is -1.96. The second-order valence-corrected chi connectivity index (χ2v) is 6.64. The summed E-state index contributed by atoms with van der Waals surface area (Å²) in [6.07, 6.45) is 0. The summed E-state index contributed by atoms with van der Waals surface area (Å²) < 4.78 is 5.32. The Morgan fingerprint density at radius 1 is 0.778 bits per heavy atom. The van der Waals surface area contributed by atoms with Crippen LogP contribution in [-0.4, -0.2) is 12.1 Å². The number of nitrogens with zero attached hydrogens (tertiary/aromatic N) is 1. The molecule has 2 N–H and O–H groups in total. The van der Waals surface area contributed by atoms with Gasteiger partial charge in [0.2, 0.25) is 0 Å². The van der Waals surface area contributed by atoms with Crippen molar-refractivity contribution < 1.29 is 4.74 Å². The molecule has 3 nitrogen and oxygen atoms in total. The predicted molar refractivity (Wildman–Crippen MR) is 113 cm³/mol. The molecule has 0 aliphatic carbocycles. The maximum atomic E-state index is 6.31. The highest BCUT2D eigenvalue weighted by atomic mass is 16.5. The van der Waals surface area contributed by atoms with Gasteiger partial charge in [0, 0.05) is 16.2 Å². The molecule has 1 aromatic heterocycles. The number of benzene rings is 4. The zero-order valence-corrected chi connectivity index (χ0v) is 14.9. The Kier molecular flexibility index (Phi) is 3.47. The summed E-state index contributed by atoms with van der Waals surface area (Å²) >= 11 is 0. The lowest BCUT2D eigenvalue weighted by Gasteiger charge is -2.14. The number of methoxy groups -OCH3 is 1. The van der Waals surface area contributed by atoms with Crippen LogP contribution in [0.5, 0.6) is 5.75 Å². The number of nitrogens with two attached hydrogens (primary N) is 1. The van der Waals surface area contributed by atoms with Gasteiger partial charge in [0.05, 0.1) is 12.6 Å². The maximum absolute atomic E-state index is 6.31. The third-order valence-electron chi connectivity index (χ3n) is 5.13. The van der Waals surface area contributed by atoms with Crippen LogP contribution in [-0.2, 0) is 0 Å². The van der Waals surface area contributed by atoms with Crippen molar-refractivity contribution in [2.45, 2.75) is 0 Å². The smallest absolute Gasteiger partial charge is 0.132 e. The van der Waals surface area contributed by atoms with Crippen LogP contribution in [0.15, 0.2) is 78.9 Å². The molecule has 4 aromatic carbocycles. The number of pyridine rings is 1. The molecule has 0 saturated heterocycles. The molecule has 3 heteroatoms. The van der Waals surface area contributed by atoms with Gasteiger partial charge < -0.3 is 10.5 Å². The summed E-state index contributed by atoms with van der Waals surface area (Å²) in [4.78, 5) is 4.80. The van der Waals surface area contributed by atoms with Crippen molar-refractivity contribution in [1.29, 1.82) is 0 Å². The Balaban J connectivity index is 1.99. The second-order valence-electron chi connectivity index (χ2n) is 6.64. The monoisotopic (exact) mass is 350 g/mol. The molecule has 0 atom stereocenters. The summed E-state index contributed by atoms with van der Waals surface area (Å²) in [5.41, 5.74) is 9.53. The van der Waals surface area contributed by atoms with Gasteiger partial charge in [-0.1, -0.05) is 60.7 Å². The number of ether oxygens (including phenoxy) is 1. The lowest BCUT2D eigenvalue weighted by atomic mass is 9.92. The molecular weight excluding hydrogens is 332 g/mol. The van der Waals surface area contributed by atoms with E-state index in [1.807, 2.05) is 36.4 Å². The number of nitrogen functional groups attached to an aromatic ring is 1. The molecule has 0 aliphatic rings. The fourth-order valence-corrected chi connectivity index (χ4v) is 3.82. The van der Waals surface area contributed by atoms with E-state index in [0.717, 1.165) is 49.3 Å². The fourth-order valence-electron chi connectivity index (χ4n) is 3.82. The van der Waals surface area contributed by atoms with E-state index >= 15 is 0 Å². The van der Waals surface area contributed by atoms with Gasteiger partial charge in [0.15, 0.2) is 0 Å². The zero-order chi connectivity index (χ0) is 18.4. The molecule has 0 fully saturated rings. The molecule has 0 unspecified atom stereocenters. The highest BCUT2D eigenvalue weighted by molar-refractivity contribution is 6.22. The molecule has 5 rings (SSSR count). The van der Waals surface area contributed by atoms with E-state index in [0.29, 0.717) is 5.82 Å². The van der Waals surface area contributed by atoms with Crippen LogP contribution in [0, 0.1) is 0 Å². The van der Waals surface area contributed by atoms with Crippen LogP contribution in [0.25, 0.3) is 43.6 Å². The van der Waals surface area contributed by atoms with Crippen molar-refractivity contribution in [3.8, 4) is 16.9 Å². The molecule has 0 aliphatic heterocycles. The second kappa shape index (κ2) is 5.99.